The van der Waals surface area contributed by atoms with Crippen LogP contribution < -0.4 is 11.1 Å². The van der Waals surface area contributed by atoms with Gasteiger partial charge in [0.1, 0.15) is 0 Å². The number of aryl methyl sites for hydroxylation is 2. The maximum atomic E-state index is 12.0. The van der Waals surface area contributed by atoms with Crippen LogP contribution in [0.3, 0.4) is 0 Å². The van der Waals surface area contributed by atoms with Crippen LogP contribution in [0.1, 0.15) is 16.7 Å². The summed E-state index contributed by atoms with van der Waals surface area (Å²) in [6.45, 7) is 4.08. The molecule has 2 rings (SSSR count). The zero-order valence-corrected chi connectivity index (χ0v) is 12.3. The molecule has 0 saturated heterocycles. The van der Waals surface area contributed by atoms with E-state index in [9.17, 15) is 4.79 Å². The molecule has 104 valence electrons. The lowest BCUT2D eigenvalue weighted by Gasteiger charge is -2.09. The first kappa shape index (κ1) is 14.4. The minimum absolute atomic E-state index is 0.0951. The van der Waals surface area contributed by atoms with Gasteiger partial charge < -0.3 is 11.1 Å². The average molecular weight is 289 g/mol. The first-order valence-corrected chi connectivity index (χ1v) is 6.74. The molecular weight excluding hydrogens is 272 g/mol. The number of halogens is 1. The van der Waals surface area contributed by atoms with Crippen molar-refractivity contribution in [1.82, 2.24) is 0 Å². The van der Waals surface area contributed by atoms with E-state index in [0.717, 1.165) is 5.56 Å². The number of nitrogen functional groups attached to an aromatic ring is 1. The third kappa shape index (κ3) is 3.52. The maximum Gasteiger partial charge on any atom is 0.228 e. The van der Waals surface area contributed by atoms with Gasteiger partial charge in [0.25, 0.3) is 0 Å². The molecule has 0 bridgehead atoms. The van der Waals surface area contributed by atoms with E-state index in [1.165, 1.54) is 11.1 Å². The monoisotopic (exact) mass is 288 g/mol. The van der Waals surface area contributed by atoms with Crippen LogP contribution in [0.5, 0.6) is 0 Å². The zero-order valence-electron chi connectivity index (χ0n) is 11.5. The second kappa shape index (κ2) is 5.97. The Hall–Kier alpha value is -2.00. The molecule has 0 atom stereocenters. The van der Waals surface area contributed by atoms with E-state index in [0.29, 0.717) is 22.8 Å². The van der Waals surface area contributed by atoms with Gasteiger partial charge in [-0.2, -0.15) is 0 Å². The maximum absolute atomic E-state index is 12.0. The first-order chi connectivity index (χ1) is 9.45. The van der Waals surface area contributed by atoms with Crippen molar-refractivity contribution in [3.05, 3.63) is 58.1 Å². The number of amides is 1. The first-order valence-electron chi connectivity index (χ1n) is 6.36. The van der Waals surface area contributed by atoms with E-state index >= 15 is 0 Å². The molecule has 0 aliphatic carbocycles. The van der Waals surface area contributed by atoms with Crippen molar-refractivity contribution in [2.45, 2.75) is 20.3 Å². The molecule has 0 radical (unpaired) electrons. The predicted octanol–water partition coefficient (Wildman–Crippen LogP) is 3.72. The second-order valence-corrected chi connectivity index (χ2v) is 5.31. The Morgan fingerprint density at radius 3 is 2.55 bits per heavy atom. The van der Waals surface area contributed by atoms with Crippen molar-refractivity contribution < 1.29 is 4.79 Å². The van der Waals surface area contributed by atoms with Gasteiger partial charge in [-0.3, -0.25) is 4.79 Å². The number of benzene rings is 2. The van der Waals surface area contributed by atoms with Crippen LogP contribution in [0.15, 0.2) is 36.4 Å². The minimum Gasteiger partial charge on any atom is -0.397 e. The van der Waals surface area contributed by atoms with Crippen LogP contribution in [-0.2, 0) is 11.2 Å². The third-order valence-electron chi connectivity index (χ3n) is 3.22. The molecule has 4 heteroatoms. The fourth-order valence-corrected chi connectivity index (χ4v) is 2.12. The quantitative estimate of drug-likeness (QED) is 0.846. The van der Waals surface area contributed by atoms with E-state index in [-0.39, 0.29) is 5.91 Å². The number of anilines is 2. The van der Waals surface area contributed by atoms with Gasteiger partial charge in [0.2, 0.25) is 5.91 Å². The summed E-state index contributed by atoms with van der Waals surface area (Å²) in [5.41, 5.74) is 10.2. The van der Waals surface area contributed by atoms with Crippen molar-refractivity contribution in [3.8, 4) is 0 Å². The highest BCUT2D eigenvalue weighted by Gasteiger charge is 2.07. The van der Waals surface area contributed by atoms with E-state index < -0.39 is 0 Å². The van der Waals surface area contributed by atoms with Gasteiger partial charge >= 0.3 is 0 Å². The molecule has 0 aliphatic rings. The second-order valence-electron chi connectivity index (χ2n) is 4.88. The summed E-state index contributed by atoms with van der Waals surface area (Å²) in [6, 6.07) is 11.0. The molecule has 0 spiro atoms. The number of rotatable bonds is 3. The van der Waals surface area contributed by atoms with E-state index in [4.69, 9.17) is 17.3 Å². The molecular formula is C16H17ClN2O. The molecule has 3 N–H and O–H groups in total. The number of carbonyl (C=O) groups is 1. The summed E-state index contributed by atoms with van der Waals surface area (Å²) in [4.78, 5) is 12.0. The van der Waals surface area contributed by atoms with Crippen molar-refractivity contribution in [2.75, 3.05) is 11.1 Å². The van der Waals surface area contributed by atoms with Crippen LogP contribution in [0.2, 0.25) is 5.02 Å². The summed E-state index contributed by atoms with van der Waals surface area (Å²) < 4.78 is 0. The number of nitrogens with one attached hydrogen (secondary N) is 1. The van der Waals surface area contributed by atoms with Gasteiger partial charge in [-0.05, 0) is 48.7 Å². The number of carbonyl (C=O) groups excluding carboxylic acids is 1. The molecule has 1 amide bonds. The fraction of sp³-hybridized carbons (Fsp3) is 0.188. The summed E-state index contributed by atoms with van der Waals surface area (Å²) in [5.74, 6) is -0.0951. The molecule has 0 unspecified atom stereocenters. The van der Waals surface area contributed by atoms with Gasteiger partial charge in [0.05, 0.1) is 17.8 Å². The predicted molar refractivity (Wildman–Crippen MR) is 84.1 cm³/mol. The SMILES string of the molecule is Cc1ccc(CC(=O)Nc2ccc(Cl)cc2N)cc1C. The Kier molecular flexibility index (Phi) is 4.30. The lowest BCUT2D eigenvalue weighted by molar-refractivity contribution is -0.115. The van der Waals surface area contributed by atoms with E-state index in [2.05, 4.69) is 5.32 Å². The Labute approximate surface area is 123 Å². The van der Waals surface area contributed by atoms with Gasteiger partial charge in [0, 0.05) is 5.02 Å². The normalized spacial score (nSPS) is 10.3. The van der Waals surface area contributed by atoms with E-state index in [1.807, 2.05) is 32.0 Å². The van der Waals surface area contributed by atoms with Crippen LogP contribution in [-0.4, -0.2) is 5.91 Å². The largest absolute Gasteiger partial charge is 0.397 e. The lowest BCUT2D eigenvalue weighted by atomic mass is 10.0. The van der Waals surface area contributed by atoms with Crippen molar-refractivity contribution in [2.24, 2.45) is 0 Å². The molecule has 0 saturated carbocycles. The summed E-state index contributed by atoms with van der Waals surface area (Å²) >= 11 is 5.82. The topological polar surface area (TPSA) is 55.1 Å². The number of hydrogen-bond donors (Lipinski definition) is 2. The van der Waals surface area contributed by atoms with Gasteiger partial charge in [-0.1, -0.05) is 29.8 Å². The molecule has 3 nitrogen and oxygen atoms in total. The van der Waals surface area contributed by atoms with Crippen molar-refractivity contribution >= 4 is 28.9 Å². The fourth-order valence-electron chi connectivity index (χ4n) is 1.94. The van der Waals surface area contributed by atoms with Crippen molar-refractivity contribution in [1.29, 1.82) is 0 Å². The van der Waals surface area contributed by atoms with Gasteiger partial charge in [-0.25, -0.2) is 0 Å². The zero-order chi connectivity index (χ0) is 14.7. The highest BCUT2D eigenvalue weighted by molar-refractivity contribution is 6.31. The molecule has 0 aliphatic heterocycles. The smallest absolute Gasteiger partial charge is 0.228 e. The number of hydrogen-bond acceptors (Lipinski definition) is 2. The van der Waals surface area contributed by atoms with Crippen molar-refractivity contribution in [3.63, 3.8) is 0 Å². The van der Waals surface area contributed by atoms with E-state index in [1.54, 1.807) is 18.2 Å². The number of nitrogens with two attached hydrogens (primary N) is 1. The molecule has 2 aromatic rings. The molecule has 0 fully saturated rings. The highest BCUT2D eigenvalue weighted by atomic mass is 35.5. The summed E-state index contributed by atoms with van der Waals surface area (Å²) in [5, 5.41) is 3.35. The molecule has 2 aromatic carbocycles. The van der Waals surface area contributed by atoms with Crippen LogP contribution in [0.4, 0.5) is 11.4 Å². The molecule has 0 heterocycles. The summed E-state index contributed by atoms with van der Waals surface area (Å²) in [6.07, 6.45) is 0.323. The Balaban J connectivity index is 2.07. The van der Waals surface area contributed by atoms with Crippen LogP contribution >= 0.6 is 11.6 Å². The van der Waals surface area contributed by atoms with Gasteiger partial charge in [-0.15, -0.1) is 0 Å². The van der Waals surface area contributed by atoms with Crippen LogP contribution in [0.25, 0.3) is 0 Å². The third-order valence-corrected chi connectivity index (χ3v) is 3.46. The Bertz CT molecular complexity index is 653. The summed E-state index contributed by atoms with van der Waals surface area (Å²) in [7, 11) is 0. The minimum atomic E-state index is -0.0951. The van der Waals surface area contributed by atoms with Crippen LogP contribution in [0, 0.1) is 13.8 Å². The Morgan fingerprint density at radius 1 is 1.15 bits per heavy atom. The van der Waals surface area contributed by atoms with Gasteiger partial charge in [0.15, 0.2) is 0 Å². The Morgan fingerprint density at radius 2 is 1.90 bits per heavy atom. The lowest BCUT2D eigenvalue weighted by Crippen LogP contribution is -2.15. The standard InChI is InChI=1S/C16H17ClN2O/c1-10-3-4-12(7-11(10)2)8-16(20)19-15-6-5-13(17)9-14(15)18/h3-7,9H,8,18H2,1-2H3,(H,19,20). The average Bonchev–Trinajstić information content (AvgIpc) is 2.37. The molecule has 0 aromatic heterocycles. The molecule has 20 heavy (non-hydrogen) atoms. The highest BCUT2D eigenvalue weighted by Crippen LogP contribution is 2.22.